The van der Waals surface area contributed by atoms with Crippen LogP contribution in [0.3, 0.4) is 0 Å². The second-order valence-corrected chi connectivity index (χ2v) is 7.20. The molecular weight excluding hydrogens is 429 g/mol. The number of aromatic nitrogens is 2. The van der Waals surface area contributed by atoms with E-state index in [1.807, 2.05) is 5.48 Å². The summed E-state index contributed by atoms with van der Waals surface area (Å²) in [6.45, 7) is 1.23. The maximum absolute atomic E-state index is 14.4. The van der Waals surface area contributed by atoms with Crippen LogP contribution in [0, 0.1) is 5.82 Å². The molecule has 166 valence electrons. The number of nitrogens with one attached hydrogen (secondary N) is 1. The fourth-order valence-electron chi connectivity index (χ4n) is 3.44. The lowest BCUT2D eigenvalue weighted by atomic mass is 10.1. The first-order valence-corrected chi connectivity index (χ1v) is 9.93. The van der Waals surface area contributed by atoms with Gasteiger partial charge in [0.1, 0.15) is 5.82 Å². The minimum Gasteiger partial charge on any atom is -0.341 e. The van der Waals surface area contributed by atoms with Crippen LogP contribution in [-0.2, 0) is 16.2 Å². The molecule has 3 aromatic carbocycles. The van der Waals surface area contributed by atoms with E-state index in [0.29, 0.717) is 11.1 Å². The van der Waals surface area contributed by atoms with Gasteiger partial charge < -0.3 is 4.84 Å². The highest BCUT2D eigenvalue weighted by atomic mass is 19.1. The molecule has 0 fully saturated rings. The van der Waals surface area contributed by atoms with E-state index in [0.717, 1.165) is 11.5 Å². The van der Waals surface area contributed by atoms with Gasteiger partial charge in [-0.1, -0.05) is 36.4 Å². The Morgan fingerprint density at radius 3 is 2.30 bits per heavy atom. The van der Waals surface area contributed by atoms with Crippen molar-refractivity contribution in [2.45, 2.75) is 13.5 Å². The maximum Gasteiger partial charge on any atom is 0.336 e. The highest BCUT2D eigenvalue weighted by Gasteiger charge is 2.17. The van der Waals surface area contributed by atoms with Crippen LogP contribution < -0.4 is 16.7 Å². The van der Waals surface area contributed by atoms with Crippen LogP contribution in [0.1, 0.15) is 22.8 Å². The van der Waals surface area contributed by atoms with Crippen molar-refractivity contribution in [3.8, 4) is 5.69 Å². The van der Waals surface area contributed by atoms with E-state index in [2.05, 4.69) is 4.84 Å². The Morgan fingerprint density at radius 2 is 1.61 bits per heavy atom. The average molecular weight is 447 g/mol. The van der Waals surface area contributed by atoms with Crippen molar-refractivity contribution in [1.82, 2.24) is 14.6 Å². The third-order valence-corrected chi connectivity index (χ3v) is 4.99. The van der Waals surface area contributed by atoms with Crippen LogP contribution in [0.15, 0.2) is 82.4 Å². The van der Waals surface area contributed by atoms with Crippen molar-refractivity contribution in [2.75, 3.05) is 0 Å². The quantitative estimate of drug-likeness (QED) is 0.485. The van der Waals surface area contributed by atoms with E-state index in [9.17, 15) is 23.6 Å². The minimum atomic E-state index is -0.694. The Hall–Kier alpha value is -4.53. The third kappa shape index (κ3) is 4.29. The summed E-state index contributed by atoms with van der Waals surface area (Å²) in [6, 6.07) is 18.4. The van der Waals surface area contributed by atoms with Gasteiger partial charge in [-0.15, -0.1) is 0 Å². The molecule has 0 aliphatic rings. The smallest absolute Gasteiger partial charge is 0.336 e. The zero-order valence-corrected chi connectivity index (χ0v) is 17.4. The average Bonchev–Trinajstić information content (AvgIpc) is 2.82. The van der Waals surface area contributed by atoms with Gasteiger partial charge in [-0.05, 0) is 42.0 Å². The van der Waals surface area contributed by atoms with Crippen molar-refractivity contribution < 1.29 is 18.8 Å². The Labute approximate surface area is 186 Å². The molecule has 4 aromatic rings. The van der Waals surface area contributed by atoms with Crippen molar-refractivity contribution >= 4 is 22.8 Å². The van der Waals surface area contributed by atoms with Gasteiger partial charge in [-0.2, -0.15) is 5.48 Å². The minimum absolute atomic E-state index is 0.0694. The van der Waals surface area contributed by atoms with Gasteiger partial charge in [0, 0.05) is 12.5 Å². The molecule has 0 atom stereocenters. The van der Waals surface area contributed by atoms with Crippen LogP contribution >= 0.6 is 0 Å². The number of hydrogen-bond acceptors (Lipinski definition) is 5. The molecular formula is C24H18FN3O5. The molecule has 1 aromatic heterocycles. The summed E-state index contributed by atoms with van der Waals surface area (Å²) in [7, 11) is 0. The van der Waals surface area contributed by atoms with Crippen LogP contribution in [0.2, 0.25) is 0 Å². The third-order valence-electron chi connectivity index (χ3n) is 4.99. The van der Waals surface area contributed by atoms with Crippen molar-refractivity contribution in [1.29, 1.82) is 0 Å². The van der Waals surface area contributed by atoms with Crippen molar-refractivity contribution in [2.24, 2.45) is 0 Å². The molecule has 33 heavy (non-hydrogen) atoms. The van der Waals surface area contributed by atoms with Crippen LogP contribution in [0.5, 0.6) is 0 Å². The Morgan fingerprint density at radius 1 is 0.939 bits per heavy atom. The molecule has 4 rings (SSSR count). The van der Waals surface area contributed by atoms with Crippen molar-refractivity contribution in [3.63, 3.8) is 0 Å². The van der Waals surface area contributed by atoms with Crippen molar-refractivity contribution in [3.05, 3.63) is 111 Å². The molecule has 0 aliphatic heterocycles. The topological polar surface area (TPSA) is 99.4 Å². The SMILES string of the molecule is CC(=O)ONC(=O)c1ccc(Cn2c(=O)n(-c3ccccc3F)c(=O)c3ccccc32)cc1. The van der Waals surface area contributed by atoms with E-state index in [1.54, 1.807) is 42.5 Å². The summed E-state index contributed by atoms with van der Waals surface area (Å²) < 4.78 is 16.6. The zero-order valence-electron chi connectivity index (χ0n) is 17.4. The molecule has 8 nitrogen and oxygen atoms in total. The highest BCUT2D eigenvalue weighted by Crippen LogP contribution is 2.14. The number of benzene rings is 3. The van der Waals surface area contributed by atoms with Crippen LogP contribution in [0.4, 0.5) is 4.39 Å². The second kappa shape index (κ2) is 8.91. The fraction of sp³-hybridized carbons (Fsp3) is 0.0833. The van der Waals surface area contributed by atoms with Gasteiger partial charge in [0.2, 0.25) is 0 Å². The summed E-state index contributed by atoms with van der Waals surface area (Å²) in [5.74, 6) is -1.95. The van der Waals surface area contributed by atoms with Gasteiger partial charge in [0.05, 0.1) is 23.1 Å². The molecule has 0 saturated heterocycles. The van der Waals surface area contributed by atoms with Gasteiger partial charge in [0.25, 0.3) is 11.5 Å². The zero-order chi connectivity index (χ0) is 23.5. The van der Waals surface area contributed by atoms with Gasteiger partial charge in [0.15, 0.2) is 0 Å². The summed E-state index contributed by atoms with van der Waals surface area (Å²) in [5.41, 5.74) is 1.88. The Balaban J connectivity index is 1.78. The Bertz CT molecular complexity index is 1490. The predicted octanol–water partition coefficient (Wildman–Crippen LogP) is 2.55. The largest absolute Gasteiger partial charge is 0.341 e. The number of nitrogens with zero attached hydrogens (tertiary/aromatic N) is 2. The number of carbonyl (C=O) groups excluding carboxylic acids is 2. The van der Waals surface area contributed by atoms with Crippen LogP contribution in [0.25, 0.3) is 16.6 Å². The summed E-state index contributed by atoms with van der Waals surface area (Å²) in [5, 5.41) is 0.262. The lowest BCUT2D eigenvalue weighted by molar-refractivity contribution is -0.146. The number of amides is 1. The van der Waals surface area contributed by atoms with E-state index >= 15 is 0 Å². The van der Waals surface area contributed by atoms with E-state index in [1.165, 1.54) is 34.9 Å². The fourth-order valence-corrected chi connectivity index (χ4v) is 3.44. The molecule has 1 N–H and O–H groups in total. The lowest BCUT2D eigenvalue weighted by Gasteiger charge is -2.15. The number of carbonyl (C=O) groups is 2. The first-order chi connectivity index (χ1) is 15.9. The number of rotatable bonds is 4. The molecule has 0 spiro atoms. The summed E-state index contributed by atoms with van der Waals surface area (Å²) >= 11 is 0. The maximum atomic E-state index is 14.4. The first-order valence-electron chi connectivity index (χ1n) is 9.93. The standard InChI is InChI=1S/C24H18FN3O5/c1-15(29)33-26-22(30)17-12-10-16(11-13-17)14-27-20-8-4-2-6-18(20)23(31)28(24(27)32)21-9-5-3-7-19(21)25/h2-13H,14H2,1H3,(H,26,30). The normalized spacial score (nSPS) is 10.7. The second-order valence-electron chi connectivity index (χ2n) is 7.20. The monoisotopic (exact) mass is 447 g/mol. The van der Waals surface area contributed by atoms with Crippen LogP contribution in [-0.4, -0.2) is 21.0 Å². The van der Waals surface area contributed by atoms with E-state index < -0.39 is 28.9 Å². The Kier molecular flexibility index (Phi) is 5.86. The molecule has 0 unspecified atom stereocenters. The molecule has 9 heteroatoms. The number of fused-ring (bicyclic) bond motifs is 1. The summed E-state index contributed by atoms with van der Waals surface area (Å²) in [6.07, 6.45) is 0. The van der Waals surface area contributed by atoms with Gasteiger partial charge in [-0.3, -0.25) is 19.0 Å². The molecule has 1 amide bonds. The number of hydrogen-bond donors (Lipinski definition) is 1. The van der Waals surface area contributed by atoms with E-state index in [4.69, 9.17) is 0 Å². The first kappa shape index (κ1) is 21.7. The van der Waals surface area contributed by atoms with E-state index in [-0.39, 0.29) is 23.2 Å². The molecule has 1 heterocycles. The number of hydroxylamine groups is 1. The number of halogens is 1. The predicted molar refractivity (Wildman–Crippen MR) is 119 cm³/mol. The highest BCUT2D eigenvalue weighted by molar-refractivity contribution is 5.94. The lowest BCUT2D eigenvalue weighted by Crippen LogP contribution is -2.39. The van der Waals surface area contributed by atoms with Gasteiger partial charge >= 0.3 is 11.7 Å². The summed E-state index contributed by atoms with van der Waals surface area (Å²) in [4.78, 5) is 53.7. The molecule has 0 bridgehead atoms. The molecule has 0 saturated carbocycles. The molecule has 0 radical (unpaired) electrons. The number of para-hydroxylation sites is 2. The molecule has 0 aliphatic carbocycles. The van der Waals surface area contributed by atoms with Gasteiger partial charge in [-0.25, -0.2) is 13.8 Å².